The van der Waals surface area contributed by atoms with Crippen LogP contribution in [0.3, 0.4) is 0 Å². The summed E-state index contributed by atoms with van der Waals surface area (Å²) in [5.41, 5.74) is 8.58. The number of hydrogen-bond donors (Lipinski definition) is 2. The molecule has 0 saturated carbocycles. The van der Waals surface area contributed by atoms with Crippen LogP contribution in [0.5, 0.6) is 0 Å². The van der Waals surface area contributed by atoms with Crippen molar-refractivity contribution in [3.8, 4) is 33.8 Å². The molecular formula is C28H25N7O. The van der Waals surface area contributed by atoms with Crippen molar-refractivity contribution in [2.75, 3.05) is 13.1 Å². The van der Waals surface area contributed by atoms with Gasteiger partial charge >= 0.3 is 0 Å². The Labute approximate surface area is 207 Å². The zero-order chi connectivity index (χ0) is 23.9. The van der Waals surface area contributed by atoms with Crippen LogP contribution in [0.2, 0.25) is 0 Å². The minimum atomic E-state index is 0.697. The van der Waals surface area contributed by atoms with E-state index in [2.05, 4.69) is 42.2 Å². The summed E-state index contributed by atoms with van der Waals surface area (Å²) in [6.07, 6.45) is 13.1. The molecule has 0 amide bonds. The largest absolute Gasteiger partial charge is 0.472 e. The predicted molar refractivity (Wildman–Crippen MR) is 139 cm³/mol. The summed E-state index contributed by atoms with van der Waals surface area (Å²) in [4.78, 5) is 20.1. The third-order valence-electron chi connectivity index (χ3n) is 6.97. The lowest BCUT2D eigenvalue weighted by Crippen LogP contribution is -2.29. The SMILES string of the molecule is c1cc(-c2ccoc2)c2nc(-c3n[nH]c4ncc(-c5cncc(CN6CCCCC6)c5)cc34)[nH]c2c1. The number of likely N-dealkylation sites (tertiary alicyclic amines) is 1. The summed E-state index contributed by atoms with van der Waals surface area (Å²) in [7, 11) is 0. The van der Waals surface area contributed by atoms with Crippen LogP contribution in [-0.2, 0) is 6.54 Å². The second-order valence-electron chi connectivity index (χ2n) is 9.41. The Morgan fingerprint density at radius 1 is 0.944 bits per heavy atom. The molecule has 7 rings (SSSR count). The van der Waals surface area contributed by atoms with E-state index in [-0.39, 0.29) is 0 Å². The van der Waals surface area contributed by atoms with E-state index < -0.39 is 0 Å². The summed E-state index contributed by atoms with van der Waals surface area (Å²) in [6, 6.07) is 12.4. The molecule has 8 nitrogen and oxygen atoms in total. The Bertz CT molecular complexity index is 1660. The molecule has 1 fully saturated rings. The molecule has 8 heteroatoms. The van der Waals surface area contributed by atoms with Gasteiger partial charge in [0.05, 0.1) is 28.9 Å². The monoisotopic (exact) mass is 475 g/mol. The second-order valence-corrected chi connectivity index (χ2v) is 9.41. The van der Waals surface area contributed by atoms with Crippen molar-refractivity contribution in [3.63, 3.8) is 0 Å². The van der Waals surface area contributed by atoms with Gasteiger partial charge < -0.3 is 9.40 Å². The van der Waals surface area contributed by atoms with Gasteiger partial charge in [0.25, 0.3) is 0 Å². The summed E-state index contributed by atoms with van der Waals surface area (Å²) < 4.78 is 5.29. The number of imidazole rings is 1. The standard InChI is InChI=1S/C28H25N7O/c1-2-8-35(9-3-1)16-18-11-20(14-29-13-18)21-12-23-26(33-34-27(23)30-15-21)28-31-24-6-4-5-22(25(24)32-28)19-7-10-36-17-19/h4-7,10-15,17H,1-3,8-9,16H2,(H,31,32)(H,30,33,34). The van der Waals surface area contributed by atoms with Crippen LogP contribution in [0.4, 0.5) is 0 Å². The van der Waals surface area contributed by atoms with Crippen molar-refractivity contribution in [2.45, 2.75) is 25.8 Å². The van der Waals surface area contributed by atoms with Crippen LogP contribution >= 0.6 is 0 Å². The minimum Gasteiger partial charge on any atom is -0.472 e. The highest BCUT2D eigenvalue weighted by Crippen LogP contribution is 2.32. The van der Waals surface area contributed by atoms with E-state index in [1.807, 2.05) is 42.9 Å². The third-order valence-corrected chi connectivity index (χ3v) is 6.97. The van der Waals surface area contributed by atoms with Crippen LogP contribution in [0, 0.1) is 0 Å². The Balaban J connectivity index is 1.26. The summed E-state index contributed by atoms with van der Waals surface area (Å²) in [6.45, 7) is 3.26. The van der Waals surface area contributed by atoms with Crippen molar-refractivity contribution in [1.82, 2.24) is 35.0 Å². The van der Waals surface area contributed by atoms with Gasteiger partial charge in [-0.1, -0.05) is 18.6 Å². The maximum absolute atomic E-state index is 5.29. The zero-order valence-electron chi connectivity index (χ0n) is 19.7. The predicted octanol–water partition coefficient (Wildman–Crippen LogP) is 5.81. The number of hydrogen-bond acceptors (Lipinski definition) is 6. The van der Waals surface area contributed by atoms with Gasteiger partial charge in [-0.25, -0.2) is 9.97 Å². The molecule has 1 aromatic carbocycles. The first-order valence-corrected chi connectivity index (χ1v) is 12.3. The fourth-order valence-electron chi connectivity index (χ4n) is 5.14. The van der Waals surface area contributed by atoms with Gasteiger partial charge in [0.2, 0.25) is 0 Å². The Morgan fingerprint density at radius 2 is 1.86 bits per heavy atom. The highest BCUT2D eigenvalue weighted by Gasteiger charge is 2.17. The summed E-state index contributed by atoms with van der Waals surface area (Å²) in [5.74, 6) is 0.697. The third kappa shape index (κ3) is 3.76. The smallest absolute Gasteiger partial charge is 0.159 e. The fourth-order valence-corrected chi connectivity index (χ4v) is 5.14. The highest BCUT2D eigenvalue weighted by molar-refractivity contribution is 5.97. The molecule has 0 radical (unpaired) electrons. The average Bonchev–Trinajstić information content (AvgIpc) is 3.68. The van der Waals surface area contributed by atoms with Crippen molar-refractivity contribution < 1.29 is 4.42 Å². The lowest BCUT2D eigenvalue weighted by Gasteiger charge is -2.26. The molecule has 0 atom stereocenters. The number of piperidine rings is 1. The molecule has 1 aliphatic heterocycles. The van der Waals surface area contributed by atoms with Crippen LogP contribution in [0.15, 0.2) is 71.9 Å². The number of pyridine rings is 2. The Hall–Kier alpha value is -4.30. The number of nitrogens with zero attached hydrogens (tertiary/aromatic N) is 5. The number of fused-ring (bicyclic) bond motifs is 2. The number of furan rings is 1. The van der Waals surface area contributed by atoms with E-state index in [9.17, 15) is 0 Å². The molecule has 0 unspecified atom stereocenters. The zero-order valence-corrected chi connectivity index (χ0v) is 19.7. The molecule has 0 spiro atoms. The fraction of sp³-hybridized carbons (Fsp3) is 0.214. The first-order chi connectivity index (χ1) is 17.8. The molecule has 1 saturated heterocycles. The normalized spacial score (nSPS) is 14.7. The molecule has 2 N–H and O–H groups in total. The second kappa shape index (κ2) is 8.73. The molecule has 5 aromatic heterocycles. The van der Waals surface area contributed by atoms with E-state index >= 15 is 0 Å². The van der Waals surface area contributed by atoms with Crippen molar-refractivity contribution >= 4 is 22.1 Å². The van der Waals surface area contributed by atoms with Crippen LogP contribution in [0.25, 0.3) is 55.8 Å². The van der Waals surface area contributed by atoms with E-state index in [1.165, 1.54) is 24.8 Å². The molecule has 0 aliphatic carbocycles. The van der Waals surface area contributed by atoms with Crippen LogP contribution < -0.4 is 0 Å². The van der Waals surface area contributed by atoms with Gasteiger partial charge in [0.15, 0.2) is 11.5 Å². The first-order valence-electron chi connectivity index (χ1n) is 12.3. The number of H-pyrrole nitrogens is 2. The molecule has 1 aliphatic rings. The van der Waals surface area contributed by atoms with Crippen LogP contribution in [-0.4, -0.2) is 48.1 Å². The number of benzene rings is 1. The van der Waals surface area contributed by atoms with Crippen molar-refractivity contribution in [1.29, 1.82) is 0 Å². The molecule has 36 heavy (non-hydrogen) atoms. The van der Waals surface area contributed by atoms with E-state index in [4.69, 9.17) is 9.40 Å². The molecular weight excluding hydrogens is 450 g/mol. The van der Waals surface area contributed by atoms with E-state index in [0.29, 0.717) is 5.82 Å². The lowest BCUT2D eigenvalue weighted by molar-refractivity contribution is 0.220. The number of para-hydroxylation sites is 1. The molecule has 0 bridgehead atoms. The van der Waals surface area contributed by atoms with Crippen molar-refractivity contribution in [3.05, 3.63) is 73.1 Å². The van der Waals surface area contributed by atoms with Gasteiger partial charge in [0, 0.05) is 47.4 Å². The molecule has 6 aromatic rings. The summed E-state index contributed by atoms with van der Waals surface area (Å²) >= 11 is 0. The minimum absolute atomic E-state index is 0.697. The van der Waals surface area contributed by atoms with Crippen LogP contribution in [0.1, 0.15) is 24.8 Å². The first kappa shape index (κ1) is 21.0. The quantitative estimate of drug-likeness (QED) is 0.326. The maximum atomic E-state index is 5.29. The average molecular weight is 476 g/mol. The maximum Gasteiger partial charge on any atom is 0.159 e. The molecule has 178 valence electrons. The lowest BCUT2D eigenvalue weighted by atomic mass is 10.1. The number of aromatic amines is 2. The molecule has 6 heterocycles. The van der Waals surface area contributed by atoms with Crippen molar-refractivity contribution in [2.24, 2.45) is 0 Å². The number of nitrogens with one attached hydrogen (secondary N) is 2. The number of aromatic nitrogens is 6. The van der Waals surface area contributed by atoms with Gasteiger partial charge in [0.1, 0.15) is 5.69 Å². The summed E-state index contributed by atoms with van der Waals surface area (Å²) in [5, 5.41) is 8.53. The van der Waals surface area contributed by atoms with E-state index in [0.717, 1.165) is 69.6 Å². The van der Waals surface area contributed by atoms with Gasteiger partial charge in [-0.2, -0.15) is 5.10 Å². The van der Waals surface area contributed by atoms with Gasteiger partial charge in [-0.05, 0) is 55.8 Å². The highest BCUT2D eigenvalue weighted by atomic mass is 16.3. The van der Waals surface area contributed by atoms with Gasteiger partial charge in [-0.3, -0.25) is 15.0 Å². The Kier molecular flexibility index (Phi) is 5.10. The van der Waals surface area contributed by atoms with E-state index in [1.54, 1.807) is 12.5 Å². The van der Waals surface area contributed by atoms with Gasteiger partial charge in [-0.15, -0.1) is 0 Å². The Morgan fingerprint density at radius 3 is 2.75 bits per heavy atom. The topological polar surface area (TPSA) is 99.5 Å². The number of rotatable bonds is 5.